The quantitative estimate of drug-likeness (QED) is 0.158. The Bertz CT molecular complexity index is 3230. The number of aromatic nitrogens is 1. The number of benzene rings is 9. The Balaban J connectivity index is 1.20. The molecule has 57 heavy (non-hydrogen) atoms. The smallest absolute Gasteiger partial charge is 0.0562 e. The van der Waals surface area contributed by atoms with E-state index in [0.29, 0.717) is 0 Å². The van der Waals surface area contributed by atoms with E-state index in [9.17, 15) is 0 Å². The Morgan fingerprint density at radius 1 is 0.333 bits per heavy atom. The van der Waals surface area contributed by atoms with Crippen molar-refractivity contribution in [2.75, 3.05) is 4.90 Å². The largest absolute Gasteiger partial charge is 0.309 e. The van der Waals surface area contributed by atoms with Crippen LogP contribution in [0.5, 0.6) is 0 Å². The summed E-state index contributed by atoms with van der Waals surface area (Å²) in [5, 5.41) is 5.02. The zero-order chi connectivity index (χ0) is 37.7. The van der Waals surface area contributed by atoms with E-state index < -0.39 is 0 Å². The van der Waals surface area contributed by atoms with Gasteiger partial charge < -0.3 is 9.47 Å². The summed E-state index contributed by atoms with van der Waals surface area (Å²) >= 11 is 1.88. The fourth-order valence-corrected chi connectivity index (χ4v) is 9.90. The predicted octanol–water partition coefficient (Wildman–Crippen LogP) is 15.6. The summed E-state index contributed by atoms with van der Waals surface area (Å²) in [5.41, 5.74) is 14.0. The summed E-state index contributed by atoms with van der Waals surface area (Å²) in [4.78, 5) is 2.52. The molecule has 2 aromatic heterocycles. The molecule has 0 radical (unpaired) electrons. The summed E-state index contributed by atoms with van der Waals surface area (Å²) in [7, 11) is 0. The van der Waals surface area contributed by atoms with E-state index in [0.717, 1.165) is 28.3 Å². The van der Waals surface area contributed by atoms with E-state index in [1.54, 1.807) is 0 Å². The standard InChI is InChI=1S/C54H36N2S/c1-3-17-37(18-4-1)38-33-35-39(36-34-38)41-21-7-11-27-47(41)56(48-28-12-8-22-42(48)44-25-15-26-45-43-23-10-14-32-52(43)57-54(44)45)51-31-16-30-50-53(51)46-24-9-13-29-49(46)55(50)40-19-5-2-6-20-40/h1-36H. The molecule has 0 aliphatic rings. The molecule has 0 spiro atoms. The summed E-state index contributed by atoms with van der Waals surface area (Å²) < 4.78 is 5.01. The van der Waals surface area contributed by atoms with Gasteiger partial charge in [-0.15, -0.1) is 11.3 Å². The van der Waals surface area contributed by atoms with Crippen molar-refractivity contribution >= 4 is 70.4 Å². The average molecular weight is 745 g/mol. The molecule has 11 aromatic rings. The molecule has 0 unspecified atom stereocenters. The molecule has 3 heteroatoms. The lowest BCUT2D eigenvalue weighted by Gasteiger charge is -2.30. The monoisotopic (exact) mass is 744 g/mol. The molecule has 0 atom stereocenters. The first-order valence-electron chi connectivity index (χ1n) is 19.4. The minimum Gasteiger partial charge on any atom is -0.309 e. The molecule has 0 fully saturated rings. The van der Waals surface area contributed by atoms with Crippen LogP contribution in [0.3, 0.4) is 0 Å². The molecular formula is C54H36N2S. The van der Waals surface area contributed by atoms with Gasteiger partial charge in [-0.05, 0) is 65.2 Å². The number of rotatable bonds is 7. The van der Waals surface area contributed by atoms with Crippen LogP contribution in [-0.4, -0.2) is 4.57 Å². The first-order chi connectivity index (χ1) is 28.3. The van der Waals surface area contributed by atoms with Gasteiger partial charge in [0, 0.05) is 53.3 Å². The highest BCUT2D eigenvalue weighted by Gasteiger charge is 2.25. The van der Waals surface area contributed by atoms with Crippen molar-refractivity contribution < 1.29 is 0 Å². The molecule has 11 rings (SSSR count). The highest BCUT2D eigenvalue weighted by atomic mass is 32.1. The second-order valence-electron chi connectivity index (χ2n) is 14.5. The number of fused-ring (bicyclic) bond motifs is 6. The first-order valence-corrected chi connectivity index (χ1v) is 20.3. The van der Waals surface area contributed by atoms with Crippen LogP contribution >= 0.6 is 11.3 Å². The van der Waals surface area contributed by atoms with Crippen LogP contribution < -0.4 is 4.90 Å². The van der Waals surface area contributed by atoms with Gasteiger partial charge in [0.15, 0.2) is 0 Å². The lowest BCUT2D eigenvalue weighted by Crippen LogP contribution is -2.13. The average Bonchev–Trinajstić information content (AvgIpc) is 3.84. The fraction of sp³-hybridized carbons (Fsp3) is 0. The molecule has 0 aliphatic carbocycles. The van der Waals surface area contributed by atoms with E-state index in [1.165, 1.54) is 69.8 Å². The van der Waals surface area contributed by atoms with Gasteiger partial charge in [0.25, 0.3) is 0 Å². The predicted molar refractivity (Wildman–Crippen MR) is 245 cm³/mol. The summed E-state index contributed by atoms with van der Waals surface area (Å²) in [6.07, 6.45) is 0. The van der Waals surface area contributed by atoms with Gasteiger partial charge in [0.1, 0.15) is 0 Å². The summed E-state index contributed by atoms with van der Waals surface area (Å²) in [6, 6.07) is 79.4. The third-order valence-electron chi connectivity index (χ3n) is 11.2. The Kier molecular flexibility index (Phi) is 8.04. The minimum absolute atomic E-state index is 1.12. The van der Waals surface area contributed by atoms with Gasteiger partial charge in [-0.3, -0.25) is 0 Å². The highest BCUT2D eigenvalue weighted by Crippen LogP contribution is 2.50. The zero-order valence-electron chi connectivity index (χ0n) is 31.1. The van der Waals surface area contributed by atoms with Gasteiger partial charge >= 0.3 is 0 Å². The number of anilines is 3. The first kappa shape index (κ1) is 33.2. The van der Waals surface area contributed by atoms with Crippen molar-refractivity contribution in [2.45, 2.75) is 0 Å². The van der Waals surface area contributed by atoms with Gasteiger partial charge in [0.2, 0.25) is 0 Å². The molecule has 0 bridgehead atoms. The Morgan fingerprint density at radius 2 is 0.860 bits per heavy atom. The van der Waals surface area contributed by atoms with E-state index in [4.69, 9.17) is 0 Å². The van der Waals surface area contributed by atoms with Gasteiger partial charge in [-0.1, -0.05) is 170 Å². The van der Waals surface area contributed by atoms with Crippen molar-refractivity contribution in [3.05, 3.63) is 218 Å². The van der Waals surface area contributed by atoms with Crippen molar-refractivity contribution in [3.63, 3.8) is 0 Å². The molecule has 2 nitrogen and oxygen atoms in total. The molecule has 268 valence electrons. The third-order valence-corrected chi connectivity index (χ3v) is 12.4. The second kappa shape index (κ2) is 13.8. The van der Waals surface area contributed by atoms with Crippen molar-refractivity contribution in [2.24, 2.45) is 0 Å². The van der Waals surface area contributed by atoms with Gasteiger partial charge in [0.05, 0.1) is 28.1 Å². The third kappa shape index (κ3) is 5.55. The SMILES string of the molecule is c1ccc(-c2ccc(-c3ccccc3N(c3ccccc3-c3cccc4c3sc3ccccc34)c3cccc4c3c3ccccc3n4-c3ccccc3)cc2)cc1. The van der Waals surface area contributed by atoms with Crippen LogP contribution in [0.25, 0.3) is 81.0 Å². The van der Waals surface area contributed by atoms with E-state index in [-0.39, 0.29) is 0 Å². The Hall–Kier alpha value is -7.20. The number of hydrogen-bond acceptors (Lipinski definition) is 2. The summed E-state index contributed by atoms with van der Waals surface area (Å²) in [5.74, 6) is 0. The lowest BCUT2D eigenvalue weighted by molar-refractivity contribution is 1.18. The minimum atomic E-state index is 1.12. The van der Waals surface area contributed by atoms with Crippen LogP contribution in [0.15, 0.2) is 218 Å². The van der Waals surface area contributed by atoms with E-state index in [1.807, 2.05) is 11.3 Å². The summed E-state index contributed by atoms with van der Waals surface area (Å²) in [6.45, 7) is 0. The lowest BCUT2D eigenvalue weighted by atomic mass is 9.96. The second-order valence-corrected chi connectivity index (χ2v) is 15.5. The van der Waals surface area contributed by atoms with E-state index >= 15 is 0 Å². The zero-order valence-corrected chi connectivity index (χ0v) is 31.9. The highest BCUT2D eigenvalue weighted by molar-refractivity contribution is 7.26. The maximum absolute atomic E-state index is 2.52. The molecule has 0 aliphatic heterocycles. The van der Waals surface area contributed by atoms with Crippen LogP contribution in [0.2, 0.25) is 0 Å². The fourth-order valence-electron chi connectivity index (χ4n) is 8.67. The molecule has 0 saturated heterocycles. The Morgan fingerprint density at radius 3 is 1.67 bits per heavy atom. The van der Waals surface area contributed by atoms with Crippen molar-refractivity contribution in [1.82, 2.24) is 4.57 Å². The van der Waals surface area contributed by atoms with E-state index in [2.05, 4.69) is 228 Å². The normalized spacial score (nSPS) is 11.5. The van der Waals surface area contributed by atoms with Crippen LogP contribution in [-0.2, 0) is 0 Å². The van der Waals surface area contributed by atoms with Crippen molar-refractivity contribution in [3.8, 4) is 39.1 Å². The molecule has 9 aromatic carbocycles. The molecule has 0 amide bonds. The van der Waals surface area contributed by atoms with Crippen molar-refractivity contribution in [1.29, 1.82) is 0 Å². The topological polar surface area (TPSA) is 8.17 Å². The molecule has 0 N–H and O–H groups in total. The molecular weight excluding hydrogens is 709 g/mol. The van der Waals surface area contributed by atoms with Crippen LogP contribution in [0, 0.1) is 0 Å². The number of para-hydroxylation sites is 4. The maximum atomic E-state index is 2.52. The van der Waals surface area contributed by atoms with Crippen LogP contribution in [0.4, 0.5) is 17.1 Å². The van der Waals surface area contributed by atoms with Gasteiger partial charge in [-0.25, -0.2) is 0 Å². The molecule has 0 saturated carbocycles. The molecule has 2 heterocycles. The number of hydrogen-bond donors (Lipinski definition) is 0. The van der Waals surface area contributed by atoms with Gasteiger partial charge in [-0.2, -0.15) is 0 Å². The van der Waals surface area contributed by atoms with Crippen LogP contribution in [0.1, 0.15) is 0 Å². The number of nitrogens with zero attached hydrogens (tertiary/aromatic N) is 2. The number of thiophene rings is 1. The Labute approximate surface area is 335 Å². The maximum Gasteiger partial charge on any atom is 0.0562 e.